The predicted molar refractivity (Wildman–Crippen MR) is 102 cm³/mol. The summed E-state index contributed by atoms with van der Waals surface area (Å²) in [5.74, 6) is 0.246. The Kier molecular flexibility index (Phi) is 4.85. The van der Waals surface area contributed by atoms with Gasteiger partial charge in [0.15, 0.2) is 6.61 Å². The van der Waals surface area contributed by atoms with Crippen molar-refractivity contribution in [1.82, 2.24) is 10.2 Å². The fourth-order valence-electron chi connectivity index (χ4n) is 2.82. The van der Waals surface area contributed by atoms with Gasteiger partial charge in [-0.2, -0.15) is 0 Å². The summed E-state index contributed by atoms with van der Waals surface area (Å²) in [5, 5.41) is 10.6. The Bertz CT molecular complexity index is 1080. The molecule has 0 aliphatic heterocycles. The maximum atomic E-state index is 12.2. The number of ether oxygens (including phenoxy) is 1. The molecule has 4 aromatic rings. The van der Waals surface area contributed by atoms with Gasteiger partial charge in [0.25, 0.3) is 5.89 Å². The minimum Gasteiger partial charge on any atom is -0.455 e. The summed E-state index contributed by atoms with van der Waals surface area (Å²) in [6.45, 7) is -0.0653. The van der Waals surface area contributed by atoms with Gasteiger partial charge in [-0.05, 0) is 40.6 Å². The van der Waals surface area contributed by atoms with E-state index in [1.165, 1.54) is 0 Å². The lowest BCUT2D eigenvalue weighted by Gasteiger charge is -2.06. The number of rotatable bonds is 5. The van der Waals surface area contributed by atoms with Crippen LogP contribution in [0, 0.1) is 0 Å². The van der Waals surface area contributed by atoms with Crippen LogP contribution in [0.1, 0.15) is 11.5 Å². The molecule has 0 aliphatic carbocycles. The average Bonchev–Trinajstić information content (AvgIpc) is 3.16. The van der Waals surface area contributed by atoms with Gasteiger partial charge in [-0.25, -0.2) is 0 Å². The fourth-order valence-corrected chi connectivity index (χ4v) is 2.94. The first-order valence-electron chi connectivity index (χ1n) is 8.39. The van der Waals surface area contributed by atoms with Crippen LogP contribution in [0.2, 0.25) is 5.02 Å². The van der Waals surface area contributed by atoms with E-state index in [0.29, 0.717) is 10.9 Å². The fraction of sp³-hybridized carbons (Fsp3) is 0.0952. The first-order chi connectivity index (χ1) is 13.2. The average molecular weight is 379 g/mol. The van der Waals surface area contributed by atoms with E-state index in [1.54, 1.807) is 24.3 Å². The number of hydrogen-bond donors (Lipinski definition) is 0. The second kappa shape index (κ2) is 7.60. The first-order valence-corrected chi connectivity index (χ1v) is 8.77. The van der Waals surface area contributed by atoms with Crippen molar-refractivity contribution in [2.24, 2.45) is 0 Å². The van der Waals surface area contributed by atoms with Crippen LogP contribution in [0.4, 0.5) is 0 Å². The highest BCUT2D eigenvalue weighted by Crippen LogP contribution is 2.21. The van der Waals surface area contributed by atoms with Crippen LogP contribution in [0.5, 0.6) is 0 Å². The van der Waals surface area contributed by atoms with Crippen molar-refractivity contribution < 1.29 is 13.9 Å². The number of halogens is 1. The first kappa shape index (κ1) is 17.2. The third-order valence-corrected chi connectivity index (χ3v) is 4.38. The molecule has 4 rings (SSSR count). The van der Waals surface area contributed by atoms with Crippen molar-refractivity contribution in [2.75, 3.05) is 0 Å². The molecule has 0 amide bonds. The van der Waals surface area contributed by atoms with Crippen LogP contribution < -0.4 is 0 Å². The lowest BCUT2D eigenvalue weighted by atomic mass is 10.0. The van der Waals surface area contributed by atoms with Crippen molar-refractivity contribution in [1.29, 1.82) is 0 Å². The van der Waals surface area contributed by atoms with Gasteiger partial charge in [0, 0.05) is 10.6 Å². The molecule has 0 atom stereocenters. The Morgan fingerprint density at radius 3 is 2.59 bits per heavy atom. The summed E-state index contributed by atoms with van der Waals surface area (Å²) in [6.07, 6.45) is 0.180. The van der Waals surface area contributed by atoms with Gasteiger partial charge in [-0.15, -0.1) is 10.2 Å². The molecule has 5 nitrogen and oxygen atoms in total. The smallest absolute Gasteiger partial charge is 0.310 e. The lowest BCUT2D eigenvalue weighted by molar-refractivity contribution is -0.144. The summed E-state index contributed by atoms with van der Waals surface area (Å²) in [4.78, 5) is 12.2. The standard InChI is InChI=1S/C21H15ClN2O3/c22-17-10-8-15(9-11-17)21-24-23-19(27-21)13-26-20(25)12-16-6-3-5-14-4-1-2-7-18(14)16/h1-11H,12-13H2. The molecule has 0 spiro atoms. The number of carbonyl (C=O) groups is 1. The molecule has 134 valence electrons. The number of esters is 1. The third-order valence-electron chi connectivity index (χ3n) is 4.13. The molecule has 6 heteroatoms. The van der Waals surface area contributed by atoms with E-state index in [9.17, 15) is 4.79 Å². The van der Waals surface area contributed by atoms with Crippen molar-refractivity contribution in [3.05, 3.63) is 83.2 Å². The zero-order valence-electron chi connectivity index (χ0n) is 14.3. The van der Waals surface area contributed by atoms with E-state index in [0.717, 1.165) is 21.9 Å². The SMILES string of the molecule is O=C(Cc1cccc2ccccc12)OCc1nnc(-c2ccc(Cl)cc2)o1. The van der Waals surface area contributed by atoms with E-state index in [2.05, 4.69) is 10.2 Å². The summed E-state index contributed by atoms with van der Waals surface area (Å²) >= 11 is 5.87. The van der Waals surface area contributed by atoms with Gasteiger partial charge in [0.1, 0.15) is 0 Å². The van der Waals surface area contributed by atoms with E-state index in [1.807, 2.05) is 42.5 Å². The van der Waals surface area contributed by atoms with Crippen molar-refractivity contribution in [2.45, 2.75) is 13.0 Å². The minimum absolute atomic E-state index is 0.0653. The van der Waals surface area contributed by atoms with Crippen LogP contribution in [-0.4, -0.2) is 16.2 Å². The Labute approximate surface area is 160 Å². The molecule has 0 N–H and O–H groups in total. The summed E-state index contributed by atoms with van der Waals surface area (Å²) in [5.41, 5.74) is 1.67. The molecule has 0 bridgehead atoms. The quantitative estimate of drug-likeness (QED) is 0.465. The number of benzene rings is 3. The predicted octanol–water partition coefficient (Wildman–Crippen LogP) is 4.83. The van der Waals surface area contributed by atoms with Crippen LogP contribution in [0.3, 0.4) is 0 Å². The number of carbonyl (C=O) groups excluding carboxylic acids is 1. The highest BCUT2D eigenvalue weighted by molar-refractivity contribution is 6.30. The molecule has 0 aliphatic rings. The largest absolute Gasteiger partial charge is 0.455 e. The van der Waals surface area contributed by atoms with Gasteiger partial charge in [-0.1, -0.05) is 54.1 Å². The topological polar surface area (TPSA) is 65.2 Å². The summed E-state index contributed by atoms with van der Waals surface area (Å²) in [7, 11) is 0. The third kappa shape index (κ3) is 3.99. The zero-order chi connectivity index (χ0) is 18.6. The van der Waals surface area contributed by atoms with Gasteiger partial charge in [0.2, 0.25) is 5.89 Å². The number of fused-ring (bicyclic) bond motifs is 1. The maximum Gasteiger partial charge on any atom is 0.310 e. The van der Waals surface area contributed by atoms with E-state index in [4.69, 9.17) is 20.8 Å². The van der Waals surface area contributed by atoms with Gasteiger partial charge >= 0.3 is 5.97 Å². The highest BCUT2D eigenvalue weighted by Gasteiger charge is 2.12. The number of aromatic nitrogens is 2. The molecule has 0 saturated heterocycles. The maximum absolute atomic E-state index is 12.2. The van der Waals surface area contributed by atoms with Crippen molar-refractivity contribution in [3.8, 4) is 11.5 Å². The molecule has 1 aromatic heterocycles. The second-order valence-electron chi connectivity index (χ2n) is 5.98. The minimum atomic E-state index is -0.349. The Morgan fingerprint density at radius 1 is 0.963 bits per heavy atom. The molecule has 0 radical (unpaired) electrons. The van der Waals surface area contributed by atoms with E-state index in [-0.39, 0.29) is 24.9 Å². The number of nitrogens with zero attached hydrogens (tertiary/aromatic N) is 2. The highest BCUT2D eigenvalue weighted by atomic mass is 35.5. The van der Waals surface area contributed by atoms with E-state index < -0.39 is 0 Å². The van der Waals surface area contributed by atoms with Crippen LogP contribution >= 0.6 is 11.6 Å². The van der Waals surface area contributed by atoms with Crippen molar-refractivity contribution in [3.63, 3.8) is 0 Å². The second-order valence-corrected chi connectivity index (χ2v) is 6.42. The van der Waals surface area contributed by atoms with Gasteiger partial charge in [0.05, 0.1) is 6.42 Å². The summed E-state index contributed by atoms with van der Waals surface area (Å²) in [6, 6.07) is 20.9. The van der Waals surface area contributed by atoms with Crippen LogP contribution in [0.15, 0.2) is 71.1 Å². The number of hydrogen-bond acceptors (Lipinski definition) is 5. The molecular formula is C21H15ClN2O3. The van der Waals surface area contributed by atoms with Crippen LogP contribution in [0.25, 0.3) is 22.2 Å². The molecule has 3 aromatic carbocycles. The molecular weight excluding hydrogens is 364 g/mol. The molecule has 0 saturated carbocycles. The monoisotopic (exact) mass is 378 g/mol. The normalized spacial score (nSPS) is 10.9. The van der Waals surface area contributed by atoms with E-state index >= 15 is 0 Å². The zero-order valence-corrected chi connectivity index (χ0v) is 15.0. The van der Waals surface area contributed by atoms with Gasteiger partial charge in [-0.3, -0.25) is 4.79 Å². The molecule has 0 fully saturated rings. The lowest BCUT2D eigenvalue weighted by Crippen LogP contribution is -2.08. The van der Waals surface area contributed by atoms with Gasteiger partial charge < -0.3 is 9.15 Å². The Balaban J connectivity index is 1.40. The van der Waals surface area contributed by atoms with Crippen LogP contribution in [-0.2, 0) is 22.6 Å². The van der Waals surface area contributed by atoms with Crippen molar-refractivity contribution >= 4 is 28.3 Å². The Hall–Kier alpha value is -3.18. The molecule has 27 heavy (non-hydrogen) atoms. The summed E-state index contributed by atoms with van der Waals surface area (Å²) < 4.78 is 10.8. The Morgan fingerprint density at radius 2 is 1.74 bits per heavy atom. The molecule has 0 unspecified atom stereocenters. The molecule has 1 heterocycles.